The van der Waals surface area contributed by atoms with Crippen LogP contribution in [0.3, 0.4) is 0 Å². The highest BCUT2D eigenvalue weighted by atomic mass is 16.5. The molecule has 0 spiro atoms. The van der Waals surface area contributed by atoms with Crippen LogP contribution in [0.5, 0.6) is 0 Å². The molecular weight excluding hydrogens is 456 g/mol. The predicted octanol–water partition coefficient (Wildman–Crippen LogP) is 7.74. The van der Waals surface area contributed by atoms with Gasteiger partial charge in [0, 0.05) is 54.3 Å². The maximum atomic E-state index is 5.39. The molecule has 0 bridgehead atoms. The fourth-order valence-corrected chi connectivity index (χ4v) is 4.16. The fourth-order valence-electron chi connectivity index (χ4n) is 4.16. The van der Waals surface area contributed by atoms with Gasteiger partial charge in [-0.25, -0.2) is 4.98 Å². The molecule has 37 heavy (non-hydrogen) atoms. The molecule has 0 unspecified atom stereocenters. The number of rotatable bonds is 11. The molecule has 3 aromatic carbocycles. The van der Waals surface area contributed by atoms with E-state index in [4.69, 9.17) is 9.72 Å². The lowest BCUT2D eigenvalue weighted by Gasteiger charge is -2.23. The highest BCUT2D eigenvalue weighted by Gasteiger charge is 2.16. The highest BCUT2D eigenvalue weighted by molar-refractivity contribution is 5.82. The third kappa shape index (κ3) is 6.49. The van der Waals surface area contributed by atoms with Crippen molar-refractivity contribution in [3.05, 3.63) is 84.4 Å². The maximum absolute atomic E-state index is 5.39. The molecule has 0 saturated carbocycles. The Morgan fingerprint density at radius 1 is 0.892 bits per heavy atom. The summed E-state index contributed by atoms with van der Waals surface area (Å²) in [4.78, 5) is 11.0. The van der Waals surface area contributed by atoms with Gasteiger partial charge in [-0.05, 0) is 57.5 Å². The van der Waals surface area contributed by atoms with Crippen LogP contribution in [0.1, 0.15) is 33.3 Å². The first kappa shape index (κ1) is 26.2. The minimum absolute atomic E-state index is 0.436. The molecule has 0 amide bonds. The van der Waals surface area contributed by atoms with Gasteiger partial charge in [0.2, 0.25) is 0 Å². The Labute approximate surface area is 221 Å². The Morgan fingerprint density at radius 3 is 2.16 bits per heavy atom. The topological polar surface area (TPSA) is 53.2 Å². The zero-order valence-corrected chi connectivity index (χ0v) is 22.6. The molecule has 0 fully saturated rings. The lowest BCUT2D eigenvalue weighted by Crippen LogP contribution is -2.25. The van der Waals surface area contributed by atoms with Crippen LogP contribution < -0.4 is 10.2 Å². The summed E-state index contributed by atoms with van der Waals surface area (Å²) in [7, 11) is 2.12. The van der Waals surface area contributed by atoms with Gasteiger partial charge in [-0.2, -0.15) is 0 Å². The van der Waals surface area contributed by atoms with Crippen LogP contribution in [-0.2, 0) is 4.74 Å². The number of nitrogens with one attached hydrogen (secondary N) is 2. The molecule has 0 aliphatic carbocycles. The van der Waals surface area contributed by atoms with Crippen LogP contribution in [0.4, 0.5) is 11.4 Å². The summed E-state index contributed by atoms with van der Waals surface area (Å²) in [5.74, 6) is 0.856. The number of ether oxygens (including phenoxy) is 1. The van der Waals surface area contributed by atoms with E-state index in [-0.39, 0.29) is 0 Å². The number of hydrogen-bond acceptors (Lipinski definition) is 4. The lowest BCUT2D eigenvalue weighted by atomic mass is 10.0. The number of aromatic nitrogens is 2. The molecule has 5 heteroatoms. The first-order valence-electron chi connectivity index (χ1n) is 13.1. The monoisotopic (exact) mass is 494 g/mol. The van der Waals surface area contributed by atoms with E-state index in [9.17, 15) is 0 Å². The average Bonchev–Trinajstić information content (AvgIpc) is 3.37. The number of benzene rings is 3. The third-order valence-electron chi connectivity index (χ3n) is 6.49. The number of nitrogens with zero attached hydrogens (tertiary/aromatic N) is 2. The van der Waals surface area contributed by atoms with Crippen LogP contribution in [0, 0.1) is 0 Å². The van der Waals surface area contributed by atoms with Crippen molar-refractivity contribution in [3.8, 4) is 33.9 Å². The van der Waals surface area contributed by atoms with E-state index in [1.165, 1.54) is 5.69 Å². The molecule has 1 heterocycles. The smallest absolute Gasteiger partial charge is 0.138 e. The Hall–Kier alpha value is -3.83. The molecule has 0 radical (unpaired) electrons. The van der Waals surface area contributed by atoms with Gasteiger partial charge in [0.25, 0.3) is 0 Å². The lowest BCUT2D eigenvalue weighted by molar-refractivity contribution is 0.178. The van der Waals surface area contributed by atoms with Crippen molar-refractivity contribution in [1.82, 2.24) is 9.97 Å². The number of imidazole rings is 1. The van der Waals surface area contributed by atoms with Crippen molar-refractivity contribution in [1.29, 1.82) is 0 Å². The van der Waals surface area contributed by atoms with Gasteiger partial charge in [-0.15, -0.1) is 0 Å². The summed E-state index contributed by atoms with van der Waals surface area (Å²) in [6, 6.07) is 26.1. The summed E-state index contributed by atoms with van der Waals surface area (Å²) in [5.41, 5.74) is 8.66. The van der Waals surface area contributed by atoms with Gasteiger partial charge >= 0.3 is 0 Å². The molecular formula is C32H38N4O. The van der Waals surface area contributed by atoms with Crippen molar-refractivity contribution in [2.75, 3.05) is 37.0 Å². The van der Waals surface area contributed by atoms with E-state index in [1.807, 2.05) is 13.0 Å². The average molecular weight is 495 g/mol. The Kier molecular flexibility index (Phi) is 8.81. The quantitative estimate of drug-likeness (QED) is 0.209. The van der Waals surface area contributed by atoms with Gasteiger partial charge in [-0.1, -0.05) is 60.7 Å². The molecule has 4 rings (SSSR count). The van der Waals surface area contributed by atoms with E-state index in [0.29, 0.717) is 12.6 Å². The Morgan fingerprint density at radius 2 is 1.54 bits per heavy atom. The third-order valence-corrected chi connectivity index (χ3v) is 6.49. The van der Waals surface area contributed by atoms with E-state index < -0.39 is 0 Å². The van der Waals surface area contributed by atoms with E-state index in [0.717, 1.165) is 58.3 Å². The first-order chi connectivity index (χ1) is 18.0. The van der Waals surface area contributed by atoms with Crippen molar-refractivity contribution in [2.24, 2.45) is 0 Å². The zero-order valence-electron chi connectivity index (χ0n) is 22.6. The zero-order chi connectivity index (χ0) is 26.2. The fraction of sp³-hybridized carbons (Fsp3) is 0.281. The Bertz CT molecular complexity index is 1290. The number of aromatic amines is 1. The summed E-state index contributed by atoms with van der Waals surface area (Å²) in [5, 5.41) is 3.37. The molecule has 0 atom stereocenters. The number of H-pyrrole nitrogens is 1. The molecule has 0 saturated heterocycles. The van der Waals surface area contributed by atoms with Crippen LogP contribution in [-0.4, -0.2) is 42.8 Å². The number of anilines is 2. The summed E-state index contributed by atoms with van der Waals surface area (Å²) >= 11 is 0. The van der Waals surface area contributed by atoms with Crippen molar-refractivity contribution < 1.29 is 4.74 Å². The standard InChI is InChI=1S/C32H38N4O/c1-6-33-28-18-14-25(15-19-28)30-31(26-16-20-29(21-17-26)36(5)23(3)4)35-32(34-30)27-12-10-24(11-13-27)9-8-22-37-7-2/h8-21,23,33H,6-7,22H2,1-5H3,(H,34,35)/b9-8+. The van der Waals surface area contributed by atoms with Crippen LogP contribution in [0.2, 0.25) is 0 Å². The number of hydrogen-bond donors (Lipinski definition) is 2. The Balaban J connectivity index is 1.69. The second kappa shape index (κ2) is 12.4. The predicted molar refractivity (Wildman–Crippen MR) is 158 cm³/mol. The largest absolute Gasteiger partial charge is 0.385 e. The van der Waals surface area contributed by atoms with Crippen LogP contribution in [0.15, 0.2) is 78.9 Å². The molecule has 5 nitrogen and oxygen atoms in total. The van der Waals surface area contributed by atoms with E-state index in [1.54, 1.807) is 0 Å². The van der Waals surface area contributed by atoms with Gasteiger partial charge in [0.05, 0.1) is 18.0 Å². The summed E-state index contributed by atoms with van der Waals surface area (Å²) in [6.45, 7) is 10.7. The highest BCUT2D eigenvalue weighted by Crippen LogP contribution is 2.34. The molecule has 2 N–H and O–H groups in total. The normalized spacial score (nSPS) is 11.4. The summed E-state index contributed by atoms with van der Waals surface area (Å²) < 4.78 is 5.39. The van der Waals surface area contributed by atoms with Gasteiger partial charge < -0.3 is 19.9 Å². The van der Waals surface area contributed by atoms with Gasteiger partial charge in [-0.3, -0.25) is 0 Å². The van der Waals surface area contributed by atoms with E-state index >= 15 is 0 Å². The van der Waals surface area contributed by atoms with Crippen molar-refractivity contribution in [2.45, 2.75) is 33.7 Å². The second-order valence-corrected chi connectivity index (χ2v) is 9.35. The van der Waals surface area contributed by atoms with E-state index in [2.05, 4.69) is 122 Å². The van der Waals surface area contributed by atoms with Crippen molar-refractivity contribution >= 4 is 17.5 Å². The first-order valence-corrected chi connectivity index (χ1v) is 13.1. The molecule has 0 aliphatic heterocycles. The minimum Gasteiger partial charge on any atom is -0.385 e. The summed E-state index contributed by atoms with van der Waals surface area (Å²) in [6.07, 6.45) is 4.12. The molecule has 0 aliphatic rings. The second-order valence-electron chi connectivity index (χ2n) is 9.35. The maximum Gasteiger partial charge on any atom is 0.138 e. The molecule has 4 aromatic rings. The molecule has 192 valence electrons. The SMILES string of the molecule is CCNc1ccc(-c2[nH]c(-c3ccc(/C=C/COCC)cc3)nc2-c2ccc(N(C)C(C)C)cc2)cc1. The van der Waals surface area contributed by atoms with Crippen LogP contribution >= 0.6 is 0 Å². The van der Waals surface area contributed by atoms with Crippen molar-refractivity contribution in [3.63, 3.8) is 0 Å². The van der Waals surface area contributed by atoms with Crippen LogP contribution in [0.25, 0.3) is 40.0 Å². The van der Waals surface area contributed by atoms with Gasteiger partial charge in [0.1, 0.15) is 5.82 Å². The minimum atomic E-state index is 0.436. The van der Waals surface area contributed by atoms with Gasteiger partial charge in [0.15, 0.2) is 0 Å². The molecule has 1 aromatic heterocycles.